The molecule has 0 spiro atoms. The lowest BCUT2D eigenvalue weighted by Crippen LogP contribution is -2.22. The number of aromatic nitrogens is 2. The third kappa shape index (κ3) is 4.13. The molecule has 1 N–H and O–H groups in total. The average Bonchev–Trinajstić information content (AvgIpc) is 2.50. The Kier molecular flexibility index (Phi) is 5.44. The molecule has 2 aromatic rings. The standard InChI is InChI=1S/C16H20F2N4O/c1-4-22-15(23)6-5-14(20-22)11-9-12(17)16(13(18)10-11)19-7-8-21(2)3/h5-6,9-10,19H,4,7-8H2,1-3H3. The van der Waals surface area contributed by atoms with Gasteiger partial charge in [-0.3, -0.25) is 4.79 Å². The van der Waals surface area contributed by atoms with Crippen LogP contribution in [0, 0.1) is 11.6 Å². The van der Waals surface area contributed by atoms with Crippen LogP contribution in [0.4, 0.5) is 14.5 Å². The second kappa shape index (κ2) is 7.32. The van der Waals surface area contributed by atoms with E-state index in [1.165, 1.54) is 28.9 Å². The molecule has 0 bridgehead atoms. The Morgan fingerprint density at radius 1 is 1.22 bits per heavy atom. The molecule has 1 aromatic carbocycles. The quantitative estimate of drug-likeness (QED) is 0.886. The van der Waals surface area contributed by atoms with Gasteiger partial charge in [-0.1, -0.05) is 0 Å². The number of rotatable bonds is 6. The van der Waals surface area contributed by atoms with Crippen molar-refractivity contribution in [2.75, 3.05) is 32.5 Å². The summed E-state index contributed by atoms with van der Waals surface area (Å²) in [5.74, 6) is -1.37. The first-order chi connectivity index (χ1) is 10.9. The number of aryl methyl sites for hydroxylation is 1. The summed E-state index contributed by atoms with van der Waals surface area (Å²) in [7, 11) is 3.76. The summed E-state index contributed by atoms with van der Waals surface area (Å²) in [4.78, 5) is 13.4. The highest BCUT2D eigenvalue weighted by Crippen LogP contribution is 2.25. The zero-order valence-corrected chi connectivity index (χ0v) is 13.4. The SMILES string of the molecule is CCn1nc(-c2cc(F)c(NCCN(C)C)c(F)c2)ccc1=O. The lowest BCUT2D eigenvalue weighted by molar-refractivity contribution is 0.424. The van der Waals surface area contributed by atoms with Crippen molar-refractivity contribution in [1.82, 2.24) is 14.7 Å². The van der Waals surface area contributed by atoms with E-state index in [9.17, 15) is 13.6 Å². The molecule has 0 amide bonds. The van der Waals surface area contributed by atoms with Gasteiger partial charge in [-0.2, -0.15) is 5.10 Å². The van der Waals surface area contributed by atoms with Gasteiger partial charge in [0, 0.05) is 31.3 Å². The van der Waals surface area contributed by atoms with Gasteiger partial charge in [0.05, 0.1) is 5.69 Å². The van der Waals surface area contributed by atoms with Crippen LogP contribution in [0.1, 0.15) is 6.92 Å². The Hall–Kier alpha value is -2.28. The summed E-state index contributed by atoms with van der Waals surface area (Å²) in [6, 6.07) is 5.23. The van der Waals surface area contributed by atoms with Crippen LogP contribution in [0.15, 0.2) is 29.1 Å². The summed E-state index contributed by atoms with van der Waals surface area (Å²) in [5.41, 5.74) is 0.239. The first kappa shape index (κ1) is 17.1. The van der Waals surface area contributed by atoms with Crippen LogP contribution in [0.25, 0.3) is 11.3 Å². The largest absolute Gasteiger partial charge is 0.379 e. The van der Waals surface area contributed by atoms with E-state index in [0.29, 0.717) is 30.9 Å². The molecule has 0 fully saturated rings. The molecule has 124 valence electrons. The fraction of sp³-hybridized carbons (Fsp3) is 0.375. The zero-order chi connectivity index (χ0) is 17.0. The van der Waals surface area contributed by atoms with Crippen molar-refractivity contribution in [3.8, 4) is 11.3 Å². The molecule has 23 heavy (non-hydrogen) atoms. The Morgan fingerprint density at radius 3 is 2.43 bits per heavy atom. The van der Waals surface area contributed by atoms with Crippen molar-refractivity contribution < 1.29 is 8.78 Å². The number of hydrogen-bond donors (Lipinski definition) is 1. The smallest absolute Gasteiger partial charge is 0.266 e. The van der Waals surface area contributed by atoms with Crippen LogP contribution < -0.4 is 10.9 Å². The molecule has 5 nitrogen and oxygen atoms in total. The van der Waals surface area contributed by atoms with Crippen LogP contribution in [0.2, 0.25) is 0 Å². The van der Waals surface area contributed by atoms with Gasteiger partial charge in [-0.05, 0) is 39.2 Å². The number of hydrogen-bond acceptors (Lipinski definition) is 4. The van der Waals surface area contributed by atoms with Crippen LogP contribution in [-0.2, 0) is 6.54 Å². The summed E-state index contributed by atoms with van der Waals surface area (Å²) in [6.07, 6.45) is 0. The summed E-state index contributed by atoms with van der Waals surface area (Å²) < 4.78 is 29.6. The van der Waals surface area contributed by atoms with Gasteiger partial charge in [0.15, 0.2) is 0 Å². The lowest BCUT2D eigenvalue weighted by atomic mass is 10.1. The average molecular weight is 322 g/mol. The minimum Gasteiger partial charge on any atom is -0.379 e. The maximum atomic E-state index is 14.2. The second-order valence-corrected chi connectivity index (χ2v) is 5.42. The molecule has 0 aliphatic carbocycles. The predicted octanol–water partition coefficient (Wildman–Crippen LogP) is 2.18. The van der Waals surface area contributed by atoms with E-state index in [2.05, 4.69) is 10.4 Å². The molecule has 0 aliphatic rings. The van der Waals surface area contributed by atoms with Crippen LogP contribution >= 0.6 is 0 Å². The summed E-state index contributed by atoms with van der Waals surface area (Å²) in [5, 5.41) is 6.86. The Balaban J connectivity index is 2.30. The topological polar surface area (TPSA) is 50.2 Å². The van der Waals surface area contributed by atoms with E-state index in [4.69, 9.17) is 0 Å². The summed E-state index contributed by atoms with van der Waals surface area (Å²) in [6.45, 7) is 3.25. The molecule has 0 radical (unpaired) electrons. The Bertz CT molecular complexity index is 720. The fourth-order valence-electron chi connectivity index (χ4n) is 2.12. The zero-order valence-electron chi connectivity index (χ0n) is 13.4. The van der Waals surface area contributed by atoms with Gasteiger partial charge in [-0.15, -0.1) is 0 Å². The molecule has 0 aliphatic heterocycles. The normalized spacial score (nSPS) is 11.0. The highest BCUT2D eigenvalue weighted by molar-refractivity contribution is 5.63. The highest BCUT2D eigenvalue weighted by atomic mass is 19.1. The summed E-state index contributed by atoms with van der Waals surface area (Å²) >= 11 is 0. The van der Waals surface area contributed by atoms with Gasteiger partial charge in [-0.25, -0.2) is 13.5 Å². The second-order valence-electron chi connectivity index (χ2n) is 5.42. The molecule has 2 rings (SSSR count). The monoisotopic (exact) mass is 322 g/mol. The van der Waals surface area contributed by atoms with Crippen molar-refractivity contribution in [2.24, 2.45) is 0 Å². The molecule has 1 heterocycles. The van der Waals surface area contributed by atoms with Gasteiger partial charge >= 0.3 is 0 Å². The van der Waals surface area contributed by atoms with Gasteiger partial charge < -0.3 is 10.2 Å². The van der Waals surface area contributed by atoms with Gasteiger partial charge in [0.1, 0.15) is 17.3 Å². The van der Waals surface area contributed by atoms with E-state index < -0.39 is 11.6 Å². The molecule has 7 heteroatoms. The number of likely N-dealkylation sites (N-methyl/N-ethyl adjacent to an activating group) is 1. The minimum absolute atomic E-state index is 0.153. The van der Waals surface area contributed by atoms with Crippen LogP contribution in [0.3, 0.4) is 0 Å². The highest BCUT2D eigenvalue weighted by Gasteiger charge is 2.13. The molecule has 1 aromatic heterocycles. The minimum atomic E-state index is -0.685. The number of nitrogens with zero attached hydrogens (tertiary/aromatic N) is 3. The lowest BCUT2D eigenvalue weighted by Gasteiger charge is -2.13. The number of halogens is 2. The molecular formula is C16H20F2N4O. The van der Waals surface area contributed by atoms with E-state index in [-0.39, 0.29) is 11.2 Å². The molecule has 0 atom stereocenters. The third-order valence-electron chi connectivity index (χ3n) is 3.36. The molecule has 0 saturated heterocycles. The van der Waals surface area contributed by atoms with Gasteiger partial charge in [0.25, 0.3) is 5.56 Å². The van der Waals surface area contributed by atoms with E-state index >= 15 is 0 Å². The molecule has 0 unspecified atom stereocenters. The van der Waals surface area contributed by atoms with Crippen molar-refractivity contribution in [3.05, 3.63) is 46.3 Å². The van der Waals surface area contributed by atoms with Crippen LogP contribution in [0.5, 0.6) is 0 Å². The third-order valence-corrected chi connectivity index (χ3v) is 3.36. The predicted molar refractivity (Wildman–Crippen MR) is 86.6 cm³/mol. The maximum absolute atomic E-state index is 14.2. The fourth-order valence-corrected chi connectivity index (χ4v) is 2.12. The van der Waals surface area contributed by atoms with Crippen molar-refractivity contribution in [2.45, 2.75) is 13.5 Å². The van der Waals surface area contributed by atoms with E-state index in [0.717, 1.165) is 0 Å². The van der Waals surface area contributed by atoms with E-state index in [1.807, 2.05) is 19.0 Å². The number of benzene rings is 1. The van der Waals surface area contributed by atoms with E-state index in [1.54, 1.807) is 6.92 Å². The Labute approximate surface area is 133 Å². The van der Waals surface area contributed by atoms with Crippen molar-refractivity contribution in [3.63, 3.8) is 0 Å². The number of anilines is 1. The van der Waals surface area contributed by atoms with Crippen molar-refractivity contribution in [1.29, 1.82) is 0 Å². The van der Waals surface area contributed by atoms with Gasteiger partial charge in [0.2, 0.25) is 0 Å². The number of nitrogens with one attached hydrogen (secondary N) is 1. The van der Waals surface area contributed by atoms with Crippen LogP contribution in [-0.4, -0.2) is 41.9 Å². The maximum Gasteiger partial charge on any atom is 0.266 e. The Morgan fingerprint density at radius 2 is 1.87 bits per heavy atom. The van der Waals surface area contributed by atoms with Crippen molar-refractivity contribution >= 4 is 5.69 Å². The molecular weight excluding hydrogens is 302 g/mol. The first-order valence-electron chi connectivity index (χ1n) is 7.38. The first-order valence-corrected chi connectivity index (χ1v) is 7.38. The molecule has 0 saturated carbocycles.